The van der Waals surface area contributed by atoms with Crippen molar-refractivity contribution < 1.29 is 14.2 Å². The van der Waals surface area contributed by atoms with Gasteiger partial charge in [-0.25, -0.2) is 4.39 Å². The molecule has 0 unspecified atom stereocenters. The fourth-order valence-electron chi connectivity index (χ4n) is 3.69. The second kappa shape index (κ2) is 9.26. The molecule has 3 rings (SSSR count). The van der Waals surface area contributed by atoms with Crippen molar-refractivity contribution >= 4 is 0 Å². The number of aliphatic hydroxyl groups is 1. The van der Waals surface area contributed by atoms with Crippen molar-refractivity contribution in [1.29, 1.82) is 0 Å². The lowest BCUT2D eigenvalue weighted by molar-refractivity contribution is 0.0491. The van der Waals surface area contributed by atoms with E-state index in [0.717, 1.165) is 56.1 Å². The van der Waals surface area contributed by atoms with Crippen LogP contribution in [0.1, 0.15) is 23.4 Å². The molecule has 2 aromatic rings. The van der Waals surface area contributed by atoms with Gasteiger partial charge in [-0.05, 0) is 43.2 Å². The lowest BCUT2D eigenvalue weighted by Gasteiger charge is -2.41. The molecule has 1 aromatic carbocycles. The van der Waals surface area contributed by atoms with E-state index in [1.807, 2.05) is 25.1 Å². The van der Waals surface area contributed by atoms with E-state index in [1.54, 1.807) is 6.07 Å². The van der Waals surface area contributed by atoms with Crippen LogP contribution in [0.25, 0.3) is 0 Å². The van der Waals surface area contributed by atoms with Crippen LogP contribution in [0.3, 0.4) is 0 Å². The first-order valence-electron chi connectivity index (χ1n) is 9.41. The van der Waals surface area contributed by atoms with E-state index < -0.39 is 0 Å². The third kappa shape index (κ3) is 5.25. The van der Waals surface area contributed by atoms with E-state index in [0.29, 0.717) is 0 Å². The molecule has 0 amide bonds. The highest BCUT2D eigenvalue weighted by atomic mass is 19.1. The Bertz CT molecular complexity index is 756. The maximum Gasteiger partial charge on any atom is 0.165 e. The third-order valence-corrected chi connectivity index (χ3v) is 5.08. The Balaban J connectivity index is 1.64. The molecule has 0 spiro atoms. The first-order chi connectivity index (χ1) is 13.1. The van der Waals surface area contributed by atoms with Crippen LogP contribution in [-0.2, 0) is 13.1 Å². The van der Waals surface area contributed by atoms with Gasteiger partial charge < -0.3 is 9.84 Å². The van der Waals surface area contributed by atoms with Crippen LogP contribution in [0, 0.1) is 12.7 Å². The zero-order valence-electron chi connectivity index (χ0n) is 16.1. The number of piperazine rings is 1. The molecule has 1 atom stereocenters. The molecule has 0 radical (unpaired) electrons. The zero-order valence-corrected chi connectivity index (χ0v) is 16.1. The summed E-state index contributed by atoms with van der Waals surface area (Å²) in [5.74, 6) is -0.0570. The predicted molar refractivity (Wildman–Crippen MR) is 103 cm³/mol. The van der Waals surface area contributed by atoms with Crippen LogP contribution in [0.4, 0.5) is 4.39 Å². The molecule has 1 saturated heterocycles. The number of aryl methyl sites for hydroxylation is 1. The Hall–Kier alpha value is -2.02. The fourth-order valence-corrected chi connectivity index (χ4v) is 3.69. The summed E-state index contributed by atoms with van der Waals surface area (Å²) in [7, 11) is 1.48. The molecule has 6 heteroatoms. The van der Waals surface area contributed by atoms with Crippen LogP contribution in [0.5, 0.6) is 5.75 Å². The molecule has 0 bridgehead atoms. The highest BCUT2D eigenvalue weighted by molar-refractivity contribution is 5.30. The van der Waals surface area contributed by atoms with Crippen LogP contribution < -0.4 is 4.74 Å². The number of hydrogen-bond acceptors (Lipinski definition) is 5. The Morgan fingerprint density at radius 2 is 2.07 bits per heavy atom. The molecule has 146 valence electrons. The Labute approximate surface area is 160 Å². The number of halogens is 1. The van der Waals surface area contributed by atoms with Gasteiger partial charge in [0.15, 0.2) is 11.6 Å². The summed E-state index contributed by atoms with van der Waals surface area (Å²) in [6.45, 7) is 6.42. The highest BCUT2D eigenvalue weighted by Crippen LogP contribution is 2.22. The molecule has 0 aliphatic carbocycles. The maximum absolute atomic E-state index is 13.6. The zero-order chi connectivity index (χ0) is 19.2. The average molecular weight is 373 g/mol. The summed E-state index contributed by atoms with van der Waals surface area (Å²) in [4.78, 5) is 9.37. The minimum Gasteiger partial charge on any atom is -0.494 e. The van der Waals surface area contributed by atoms with Gasteiger partial charge in [0.05, 0.1) is 12.8 Å². The highest BCUT2D eigenvalue weighted by Gasteiger charge is 2.27. The second-order valence-corrected chi connectivity index (χ2v) is 7.11. The van der Waals surface area contributed by atoms with Crippen LogP contribution >= 0.6 is 0 Å². The van der Waals surface area contributed by atoms with E-state index in [-0.39, 0.29) is 24.2 Å². The molecule has 0 saturated carbocycles. The first kappa shape index (κ1) is 19.7. The minimum absolute atomic E-state index is 0.167. The smallest absolute Gasteiger partial charge is 0.165 e. The molecular weight excluding hydrogens is 345 g/mol. The molecule has 1 aliphatic heterocycles. The van der Waals surface area contributed by atoms with Crippen LogP contribution in [-0.4, -0.2) is 59.3 Å². The summed E-state index contributed by atoms with van der Waals surface area (Å²) < 4.78 is 18.7. The first-order valence-corrected chi connectivity index (χ1v) is 9.41. The van der Waals surface area contributed by atoms with Gasteiger partial charge in [0.1, 0.15) is 0 Å². The van der Waals surface area contributed by atoms with Gasteiger partial charge in [-0.15, -0.1) is 0 Å². The molecule has 2 heterocycles. The summed E-state index contributed by atoms with van der Waals surface area (Å²) in [5, 5.41) is 9.50. The topological polar surface area (TPSA) is 48.8 Å². The van der Waals surface area contributed by atoms with Gasteiger partial charge >= 0.3 is 0 Å². The van der Waals surface area contributed by atoms with Crippen molar-refractivity contribution in [2.45, 2.75) is 32.5 Å². The molecule has 27 heavy (non-hydrogen) atoms. The minimum atomic E-state index is -0.338. The van der Waals surface area contributed by atoms with Gasteiger partial charge in [-0.1, -0.05) is 12.1 Å². The molecule has 1 aromatic heterocycles. The number of pyridine rings is 1. The van der Waals surface area contributed by atoms with Crippen molar-refractivity contribution in [3.63, 3.8) is 0 Å². The number of methoxy groups -OCH3 is 1. The summed E-state index contributed by atoms with van der Waals surface area (Å²) in [6.07, 6.45) is 0.731. The van der Waals surface area contributed by atoms with E-state index in [9.17, 15) is 9.50 Å². The summed E-state index contributed by atoms with van der Waals surface area (Å²) >= 11 is 0. The van der Waals surface area contributed by atoms with Gasteiger partial charge in [0, 0.05) is 51.1 Å². The Morgan fingerprint density at radius 3 is 2.81 bits per heavy atom. The summed E-state index contributed by atoms with van der Waals surface area (Å²) in [6, 6.07) is 11.4. The van der Waals surface area contributed by atoms with E-state index in [4.69, 9.17) is 4.74 Å². The second-order valence-electron chi connectivity index (χ2n) is 7.11. The van der Waals surface area contributed by atoms with E-state index >= 15 is 0 Å². The quantitative estimate of drug-likeness (QED) is 0.809. The molecule has 1 aliphatic rings. The number of rotatable bonds is 7. The third-order valence-electron chi connectivity index (χ3n) is 5.08. The Kier molecular flexibility index (Phi) is 6.77. The van der Waals surface area contributed by atoms with Gasteiger partial charge in [0.2, 0.25) is 0 Å². The SMILES string of the molecule is COc1cc(CN2CCN(Cc3cccc(C)n3)[C@@H](CCO)C2)ccc1F. The number of aliphatic hydroxyl groups excluding tert-OH is 1. The lowest BCUT2D eigenvalue weighted by atomic mass is 10.1. The normalized spacial score (nSPS) is 18.6. The van der Waals surface area contributed by atoms with Crippen molar-refractivity contribution in [2.75, 3.05) is 33.4 Å². The summed E-state index contributed by atoms with van der Waals surface area (Å²) in [5.41, 5.74) is 3.12. The van der Waals surface area contributed by atoms with Crippen molar-refractivity contribution in [1.82, 2.24) is 14.8 Å². The van der Waals surface area contributed by atoms with Gasteiger partial charge in [0.25, 0.3) is 0 Å². The number of aromatic nitrogens is 1. The van der Waals surface area contributed by atoms with Crippen molar-refractivity contribution in [3.8, 4) is 5.75 Å². The monoisotopic (exact) mass is 373 g/mol. The number of ether oxygens (including phenoxy) is 1. The number of nitrogens with zero attached hydrogens (tertiary/aromatic N) is 3. The van der Waals surface area contributed by atoms with Crippen LogP contribution in [0.15, 0.2) is 36.4 Å². The number of hydrogen-bond donors (Lipinski definition) is 1. The molecule has 1 N–H and O–H groups in total. The fraction of sp³-hybridized carbons (Fsp3) is 0.476. The van der Waals surface area contributed by atoms with Crippen molar-refractivity contribution in [2.24, 2.45) is 0 Å². The van der Waals surface area contributed by atoms with Gasteiger partial charge in [-0.2, -0.15) is 0 Å². The predicted octanol–water partition coefficient (Wildman–Crippen LogP) is 2.61. The molecule has 5 nitrogen and oxygen atoms in total. The van der Waals surface area contributed by atoms with E-state index in [1.165, 1.54) is 13.2 Å². The molecule has 1 fully saturated rings. The van der Waals surface area contributed by atoms with Crippen LogP contribution in [0.2, 0.25) is 0 Å². The largest absolute Gasteiger partial charge is 0.494 e. The standard InChI is InChI=1S/C21H28FN3O2/c1-16-4-3-5-18(23-16)14-25-10-9-24(15-19(25)8-11-26)13-17-6-7-20(22)21(12-17)27-2/h3-7,12,19,26H,8-11,13-15H2,1-2H3/t19-/m0/s1. The lowest BCUT2D eigenvalue weighted by Crippen LogP contribution is -2.52. The van der Waals surface area contributed by atoms with E-state index in [2.05, 4.69) is 20.9 Å². The van der Waals surface area contributed by atoms with Gasteiger partial charge in [-0.3, -0.25) is 14.8 Å². The Morgan fingerprint density at radius 1 is 1.22 bits per heavy atom. The number of benzene rings is 1. The maximum atomic E-state index is 13.6. The molecular formula is C21H28FN3O2. The average Bonchev–Trinajstić information content (AvgIpc) is 2.65. The van der Waals surface area contributed by atoms with Crippen molar-refractivity contribution in [3.05, 3.63) is 59.2 Å².